The van der Waals surface area contributed by atoms with Gasteiger partial charge in [0.1, 0.15) is 17.3 Å². The summed E-state index contributed by atoms with van der Waals surface area (Å²) in [6.45, 7) is 8.12. The highest BCUT2D eigenvalue weighted by Gasteiger charge is 2.13. The average molecular weight is 374 g/mol. The molecule has 144 valence electrons. The second-order valence-corrected chi connectivity index (χ2v) is 7.19. The third-order valence-electron chi connectivity index (χ3n) is 4.57. The molecule has 0 aliphatic rings. The Hall–Kier alpha value is -3.21. The van der Waals surface area contributed by atoms with E-state index < -0.39 is 0 Å². The van der Waals surface area contributed by atoms with Gasteiger partial charge in [0, 0.05) is 17.8 Å². The van der Waals surface area contributed by atoms with E-state index in [9.17, 15) is 4.79 Å². The van der Waals surface area contributed by atoms with Gasteiger partial charge < -0.3 is 10.6 Å². The first-order valence-electron chi connectivity index (χ1n) is 9.51. The third kappa shape index (κ3) is 4.94. The van der Waals surface area contributed by atoms with Gasteiger partial charge in [0.05, 0.1) is 0 Å². The highest BCUT2D eigenvalue weighted by atomic mass is 16.1. The number of aromatic nitrogens is 2. The van der Waals surface area contributed by atoms with Crippen molar-refractivity contribution in [2.45, 2.75) is 39.7 Å². The Morgan fingerprint density at radius 1 is 0.893 bits per heavy atom. The van der Waals surface area contributed by atoms with E-state index in [1.165, 1.54) is 5.56 Å². The van der Waals surface area contributed by atoms with Crippen molar-refractivity contribution in [1.29, 1.82) is 0 Å². The van der Waals surface area contributed by atoms with Crippen LogP contribution in [0.3, 0.4) is 0 Å². The molecule has 3 aromatic rings. The lowest BCUT2D eigenvalue weighted by Gasteiger charge is -2.16. The molecule has 2 N–H and O–H groups in total. The Balaban J connectivity index is 1.74. The largest absolute Gasteiger partial charge is 0.363 e. The third-order valence-corrected chi connectivity index (χ3v) is 4.57. The highest BCUT2D eigenvalue weighted by molar-refractivity contribution is 6.03. The molecule has 0 spiro atoms. The van der Waals surface area contributed by atoms with Crippen LogP contribution in [0, 0.1) is 6.92 Å². The molecule has 28 heavy (non-hydrogen) atoms. The summed E-state index contributed by atoms with van der Waals surface area (Å²) in [5, 5.41) is 6.25. The molecule has 0 aliphatic carbocycles. The van der Waals surface area contributed by atoms with Crippen molar-refractivity contribution in [3.63, 3.8) is 0 Å². The number of hydrogen-bond acceptors (Lipinski definition) is 4. The van der Waals surface area contributed by atoms with Crippen molar-refractivity contribution in [3.05, 3.63) is 83.3 Å². The summed E-state index contributed by atoms with van der Waals surface area (Å²) >= 11 is 0. The van der Waals surface area contributed by atoms with Gasteiger partial charge >= 0.3 is 0 Å². The zero-order valence-electron chi connectivity index (χ0n) is 16.7. The molecule has 0 aliphatic heterocycles. The van der Waals surface area contributed by atoms with Gasteiger partial charge in [-0.15, -0.1) is 0 Å². The van der Waals surface area contributed by atoms with E-state index in [-0.39, 0.29) is 11.9 Å². The number of anilines is 2. The highest BCUT2D eigenvalue weighted by Crippen LogP contribution is 2.20. The number of benzene rings is 2. The molecule has 0 radical (unpaired) electrons. The lowest BCUT2D eigenvalue weighted by Crippen LogP contribution is -2.16. The van der Waals surface area contributed by atoms with Crippen LogP contribution < -0.4 is 10.6 Å². The molecule has 0 bridgehead atoms. The van der Waals surface area contributed by atoms with Gasteiger partial charge in [-0.2, -0.15) is 0 Å². The normalized spacial score (nSPS) is 11.9. The van der Waals surface area contributed by atoms with Crippen LogP contribution in [-0.2, 0) is 0 Å². The molecule has 1 heterocycles. The number of nitrogens with one attached hydrogen (secondary N) is 2. The van der Waals surface area contributed by atoms with Crippen molar-refractivity contribution in [1.82, 2.24) is 9.97 Å². The lowest BCUT2D eigenvalue weighted by molar-refractivity contribution is 0.102. The maximum Gasteiger partial charge on any atom is 0.274 e. The number of nitrogens with zero attached hydrogens (tertiary/aromatic N) is 2. The quantitative estimate of drug-likeness (QED) is 0.612. The summed E-state index contributed by atoms with van der Waals surface area (Å²) in [5.41, 5.74) is 3.47. The molecule has 0 saturated heterocycles. The van der Waals surface area contributed by atoms with E-state index in [0.29, 0.717) is 23.3 Å². The van der Waals surface area contributed by atoms with Crippen LogP contribution in [0.4, 0.5) is 11.5 Å². The number of rotatable bonds is 6. The van der Waals surface area contributed by atoms with Crippen LogP contribution in [0.25, 0.3) is 0 Å². The fourth-order valence-corrected chi connectivity index (χ4v) is 2.95. The monoisotopic (exact) mass is 374 g/mol. The van der Waals surface area contributed by atoms with E-state index in [1.807, 2.05) is 42.5 Å². The van der Waals surface area contributed by atoms with Crippen molar-refractivity contribution in [2.24, 2.45) is 0 Å². The van der Waals surface area contributed by atoms with E-state index in [1.54, 1.807) is 13.0 Å². The van der Waals surface area contributed by atoms with Crippen molar-refractivity contribution in [2.75, 3.05) is 10.6 Å². The number of amides is 1. The molecule has 1 amide bonds. The standard InChI is InChI=1S/C23H26N4O/c1-15(2)18-10-12-20(13-11-18)27-23(28)21-14-22(26-17(4)25-21)24-16(3)19-8-6-5-7-9-19/h5-16H,1-4H3,(H,27,28)(H,24,25,26). The zero-order valence-corrected chi connectivity index (χ0v) is 16.7. The Kier molecular flexibility index (Phi) is 6.04. The van der Waals surface area contributed by atoms with Gasteiger partial charge in [-0.3, -0.25) is 4.79 Å². The second kappa shape index (κ2) is 8.65. The molecule has 1 atom stereocenters. The fourth-order valence-electron chi connectivity index (χ4n) is 2.95. The van der Waals surface area contributed by atoms with Crippen molar-refractivity contribution in [3.8, 4) is 0 Å². The van der Waals surface area contributed by atoms with Crippen LogP contribution in [-0.4, -0.2) is 15.9 Å². The van der Waals surface area contributed by atoms with Gasteiger partial charge in [-0.1, -0.05) is 56.3 Å². The van der Waals surface area contributed by atoms with Crippen molar-refractivity contribution >= 4 is 17.4 Å². The Morgan fingerprint density at radius 2 is 1.57 bits per heavy atom. The molecule has 2 aromatic carbocycles. The lowest BCUT2D eigenvalue weighted by atomic mass is 10.0. The smallest absolute Gasteiger partial charge is 0.274 e. The minimum absolute atomic E-state index is 0.0648. The van der Waals surface area contributed by atoms with Crippen LogP contribution in [0.1, 0.15) is 60.2 Å². The molecule has 1 aromatic heterocycles. The Bertz CT molecular complexity index is 937. The van der Waals surface area contributed by atoms with Crippen LogP contribution in [0.15, 0.2) is 60.7 Å². The maximum atomic E-state index is 12.7. The van der Waals surface area contributed by atoms with E-state index >= 15 is 0 Å². The van der Waals surface area contributed by atoms with E-state index in [2.05, 4.69) is 53.5 Å². The first kappa shape index (κ1) is 19.5. The number of carbonyl (C=O) groups excluding carboxylic acids is 1. The molecule has 1 unspecified atom stereocenters. The van der Waals surface area contributed by atoms with Gasteiger partial charge in [0.15, 0.2) is 0 Å². The summed E-state index contributed by atoms with van der Waals surface area (Å²) in [6.07, 6.45) is 0. The molecule has 3 rings (SSSR count). The fraction of sp³-hybridized carbons (Fsp3) is 0.261. The minimum Gasteiger partial charge on any atom is -0.363 e. The van der Waals surface area contributed by atoms with Gasteiger partial charge in [-0.05, 0) is 43.0 Å². The molecular formula is C23H26N4O. The summed E-state index contributed by atoms with van der Waals surface area (Å²) in [5.74, 6) is 1.38. The molecule has 5 nitrogen and oxygen atoms in total. The molecule has 5 heteroatoms. The molecule has 0 saturated carbocycles. The van der Waals surface area contributed by atoms with Crippen LogP contribution in [0.5, 0.6) is 0 Å². The average Bonchev–Trinajstić information content (AvgIpc) is 2.68. The number of aryl methyl sites for hydroxylation is 1. The second-order valence-electron chi connectivity index (χ2n) is 7.19. The summed E-state index contributed by atoms with van der Waals surface area (Å²) in [7, 11) is 0. The topological polar surface area (TPSA) is 66.9 Å². The molecular weight excluding hydrogens is 348 g/mol. The number of hydrogen-bond donors (Lipinski definition) is 2. The van der Waals surface area contributed by atoms with Gasteiger partial charge in [0.2, 0.25) is 0 Å². The predicted octanol–water partition coefficient (Wildman–Crippen LogP) is 5.33. The molecule has 0 fully saturated rings. The minimum atomic E-state index is -0.252. The van der Waals surface area contributed by atoms with E-state index in [4.69, 9.17) is 0 Å². The first-order valence-corrected chi connectivity index (χ1v) is 9.51. The Labute approximate surface area is 166 Å². The predicted molar refractivity (Wildman–Crippen MR) is 114 cm³/mol. The first-order chi connectivity index (χ1) is 13.4. The van der Waals surface area contributed by atoms with E-state index in [0.717, 1.165) is 11.3 Å². The van der Waals surface area contributed by atoms with Crippen LogP contribution >= 0.6 is 0 Å². The summed E-state index contributed by atoms with van der Waals surface area (Å²) < 4.78 is 0. The van der Waals surface area contributed by atoms with Crippen molar-refractivity contribution < 1.29 is 4.79 Å². The van der Waals surface area contributed by atoms with Crippen LogP contribution in [0.2, 0.25) is 0 Å². The summed E-state index contributed by atoms with van der Waals surface area (Å²) in [6, 6.07) is 19.7. The SMILES string of the molecule is Cc1nc(NC(C)c2ccccc2)cc(C(=O)Nc2ccc(C(C)C)cc2)n1. The van der Waals surface area contributed by atoms with Gasteiger partial charge in [0.25, 0.3) is 5.91 Å². The Morgan fingerprint density at radius 3 is 2.21 bits per heavy atom. The summed E-state index contributed by atoms with van der Waals surface area (Å²) in [4.78, 5) is 21.4. The zero-order chi connectivity index (χ0) is 20.1. The van der Waals surface area contributed by atoms with Gasteiger partial charge in [-0.25, -0.2) is 9.97 Å². The number of carbonyl (C=O) groups is 1. The maximum absolute atomic E-state index is 12.7.